The van der Waals surface area contributed by atoms with Crippen molar-refractivity contribution < 1.29 is 9.18 Å². The van der Waals surface area contributed by atoms with Crippen molar-refractivity contribution in [3.05, 3.63) is 35.6 Å². The molecular formula is C12H14FN3O. The van der Waals surface area contributed by atoms with E-state index in [1.807, 2.05) is 0 Å². The minimum atomic E-state index is -0.283. The maximum absolute atomic E-state index is 12.7. The van der Waals surface area contributed by atoms with Crippen molar-refractivity contribution in [1.29, 1.82) is 0 Å². The average molecular weight is 235 g/mol. The molecule has 0 saturated carbocycles. The van der Waals surface area contributed by atoms with Crippen LogP contribution < -0.4 is 5.73 Å². The van der Waals surface area contributed by atoms with Crippen LogP contribution in [0, 0.1) is 5.82 Å². The van der Waals surface area contributed by atoms with Crippen LogP contribution in [0.25, 0.3) is 0 Å². The van der Waals surface area contributed by atoms with Gasteiger partial charge in [-0.05, 0) is 24.2 Å². The van der Waals surface area contributed by atoms with E-state index in [0.29, 0.717) is 25.9 Å². The van der Waals surface area contributed by atoms with Crippen LogP contribution in [-0.2, 0) is 11.3 Å². The van der Waals surface area contributed by atoms with Crippen LogP contribution in [0.15, 0.2) is 29.4 Å². The quantitative estimate of drug-likeness (QED) is 0.854. The summed E-state index contributed by atoms with van der Waals surface area (Å²) in [6, 6.07) is 6.05. The van der Waals surface area contributed by atoms with Gasteiger partial charge in [0.25, 0.3) is 0 Å². The van der Waals surface area contributed by atoms with Gasteiger partial charge < -0.3 is 5.73 Å². The lowest BCUT2D eigenvalue weighted by molar-refractivity contribution is -0.129. The Morgan fingerprint density at radius 3 is 2.71 bits per heavy atom. The molecule has 0 bridgehead atoms. The Hall–Kier alpha value is -1.75. The van der Waals surface area contributed by atoms with E-state index in [1.165, 1.54) is 17.1 Å². The zero-order chi connectivity index (χ0) is 12.3. The monoisotopic (exact) mass is 235 g/mol. The predicted octanol–water partition coefficient (Wildman–Crippen LogP) is 1.26. The van der Waals surface area contributed by atoms with E-state index in [0.717, 1.165) is 11.3 Å². The third-order valence-electron chi connectivity index (χ3n) is 2.58. The molecule has 0 atom stereocenters. The number of rotatable bonds is 4. The van der Waals surface area contributed by atoms with E-state index < -0.39 is 0 Å². The minimum Gasteiger partial charge on any atom is -0.330 e. The van der Waals surface area contributed by atoms with E-state index in [4.69, 9.17) is 5.73 Å². The van der Waals surface area contributed by atoms with Gasteiger partial charge in [0.15, 0.2) is 0 Å². The number of hydrogen-bond donors (Lipinski definition) is 1. The SMILES string of the molecule is NCCC1=NN(Cc2ccc(F)cc2)C(=O)C1. The van der Waals surface area contributed by atoms with Crippen molar-refractivity contribution in [2.45, 2.75) is 19.4 Å². The van der Waals surface area contributed by atoms with E-state index in [-0.39, 0.29) is 11.7 Å². The maximum atomic E-state index is 12.7. The van der Waals surface area contributed by atoms with Gasteiger partial charge in [-0.25, -0.2) is 9.40 Å². The molecule has 5 heteroatoms. The van der Waals surface area contributed by atoms with Crippen molar-refractivity contribution in [3.8, 4) is 0 Å². The molecule has 1 aliphatic rings. The van der Waals surface area contributed by atoms with Crippen molar-refractivity contribution >= 4 is 11.6 Å². The Balaban J connectivity index is 2.03. The highest BCUT2D eigenvalue weighted by atomic mass is 19.1. The standard InChI is InChI=1S/C12H14FN3O/c13-10-3-1-9(2-4-10)8-16-12(17)7-11(15-16)5-6-14/h1-4H,5-8,14H2. The summed E-state index contributed by atoms with van der Waals surface area (Å²) in [7, 11) is 0. The van der Waals surface area contributed by atoms with Crippen LogP contribution in [0.2, 0.25) is 0 Å². The van der Waals surface area contributed by atoms with Gasteiger partial charge in [-0.2, -0.15) is 5.10 Å². The lowest BCUT2D eigenvalue weighted by atomic mass is 10.2. The molecule has 1 heterocycles. The number of carbonyl (C=O) groups excluding carboxylic acids is 1. The molecule has 1 aromatic carbocycles. The summed E-state index contributed by atoms with van der Waals surface area (Å²) in [5, 5.41) is 5.62. The Kier molecular flexibility index (Phi) is 3.49. The summed E-state index contributed by atoms with van der Waals surface area (Å²) in [5.41, 5.74) is 7.09. The number of hydrogen-bond acceptors (Lipinski definition) is 3. The fraction of sp³-hybridized carbons (Fsp3) is 0.333. The Morgan fingerprint density at radius 2 is 2.06 bits per heavy atom. The topological polar surface area (TPSA) is 58.7 Å². The third kappa shape index (κ3) is 2.88. The van der Waals surface area contributed by atoms with Crippen LogP contribution in [-0.4, -0.2) is 23.2 Å². The van der Waals surface area contributed by atoms with E-state index >= 15 is 0 Å². The van der Waals surface area contributed by atoms with Crippen LogP contribution >= 0.6 is 0 Å². The molecule has 0 unspecified atom stereocenters. The van der Waals surface area contributed by atoms with Crippen molar-refractivity contribution in [3.63, 3.8) is 0 Å². The van der Waals surface area contributed by atoms with Crippen LogP contribution in [0.5, 0.6) is 0 Å². The predicted molar refractivity (Wildman–Crippen MR) is 62.7 cm³/mol. The summed E-state index contributed by atoms with van der Waals surface area (Å²) in [6.45, 7) is 0.879. The van der Waals surface area contributed by atoms with Crippen LogP contribution in [0.1, 0.15) is 18.4 Å². The summed E-state index contributed by atoms with van der Waals surface area (Å²) < 4.78 is 12.7. The highest BCUT2D eigenvalue weighted by Gasteiger charge is 2.22. The fourth-order valence-electron chi connectivity index (χ4n) is 1.72. The van der Waals surface area contributed by atoms with Crippen molar-refractivity contribution in [1.82, 2.24) is 5.01 Å². The second-order valence-electron chi connectivity index (χ2n) is 3.96. The molecule has 1 aromatic rings. The summed E-state index contributed by atoms with van der Waals surface area (Å²) >= 11 is 0. The van der Waals surface area contributed by atoms with Gasteiger partial charge in [0.2, 0.25) is 5.91 Å². The highest BCUT2D eigenvalue weighted by Crippen LogP contribution is 2.14. The minimum absolute atomic E-state index is 0.0298. The second kappa shape index (κ2) is 5.05. The lowest BCUT2D eigenvalue weighted by Crippen LogP contribution is -2.20. The first kappa shape index (κ1) is 11.7. The molecule has 0 spiro atoms. The molecular weight excluding hydrogens is 221 g/mol. The third-order valence-corrected chi connectivity index (χ3v) is 2.58. The Bertz CT molecular complexity index is 442. The molecule has 0 aromatic heterocycles. The Labute approximate surface area is 98.9 Å². The normalized spacial score (nSPS) is 15.3. The number of nitrogens with zero attached hydrogens (tertiary/aromatic N) is 2. The number of hydrazone groups is 1. The summed E-state index contributed by atoms with van der Waals surface area (Å²) in [4.78, 5) is 11.6. The molecule has 0 radical (unpaired) electrons. The number of halogens is 1. The van der Waals surface area contributed by atoms with Gasteiger partial charge in [0, 0.05) is 12.1 Å². The molecule has 2 rings (SSSR count). The van der Waals surface area contributed by atoms with Crippen molar-refractivity contribution in [2.24, 2.45) is 10.8 Å². The first-order valence-corrected chi connectivity index (χ1v) is 5.50. The Morgan fingerprint density at radius 1 is 1.35 bits per heavy atom. The molecule has 4 nitrogen and oxygen atoms in total. The van der Waals surface area contributed by atoms with E-state index in [9.17, 15) is 9.18 Å². The van der Waals surface area contributed by atoms with Gasteiger partial charge in [0.05, 0.1) is 13.0 Å². The number of nitrogens with two attached hydrogens (primary N) is 1. The van der Waals surface area contributed by atoms with Gasteiger partial charge in [-0.1, -0.05) is 12.1 Å². The fourth-order valence-corrected chi connectivity index (χ4v) is 1.72. The lowest BCUT2D eigenvalue weighted by Gasteiger charge is -2.11. The van der Waals surface area contributed by atoms with E-state index in [1.54, 1.807) is 12.1 Å². The molecule has 0 saturated heterocycles. The van der Waals surface area contributed by atoms with Crippen LogP contribution in [0.3, 0.4) is 0 Å². The van der Waals surface area contributed by atoms with Gasteiger partial charge in [-0.15, -0.1) is 0 Å². The zero-order valence-corrected chi connectivity index (χ0v) is 9.40. The number of carbonyl (C=O) groups is 1. The molecule has 0 aliphatic carbocycles. The van der Waals surface area contributed by atoms with Gasteiger partial charge >= 0.3 is 0 Å². The molecule has 2 N–H and O–H groups in total. The average Bonchev–Trinajstić information content (AvgIpc) is 2.63. The first-order valence-electron chi connectivity index (χ1n) is 5.50. The van der Waals surface area contributed by atoms with Crippen LogP contribution in [0.4, 0.5) is 4.39 Å². The smallest absolute Gasteiger partial charge is 0.248 e. The molecule has 17 heavy (non-hydrogen) atoms. The van der Waals surface area contributed by atoms with Gasteiger partial charge in [-0.3, -0.25) is 4.79 Å². The molecule has 90 valence electrons. The van der Waals surface area contributed by atoms with Crippen molar-refractivity contribution in [2.75, 3.05) is 6.54 Å². The van der Waals surface area contributed by atoms with Gasteiger partial charge in [0.1, 0.15) is 5.82 Å². The summed E-state index contributed by atoms with van der Waals surface area (Å²) in [6.07, 6.45) is 0.990. The summed E-state index contributed by atoms with van der Waals surface area (Å²) in [5.74, 6) is -0.313. The number of amides is 1. The molecule has 0 fully saturated rings. The zero-order valence-electron chi connectivity index (χ0n) is 9.40. The number of benzene rings is 1. The maximum Gasteiger partial charge on any atom is 0.248 e. The first-order chi connectivity index (χ1) is 8.19. The molecule has 1 aliphatic heterocycles. The second-order valence-corrected chi connectivity index (χ2v) is 3.96. The molecule has 1 amide bonds. The largest absolute Gasteiger partial charge is 0.330 e. The van der Waals surface area contributed by atoms with E-state index in [2.05, 4.69) is 5.10 Å². The highest BCUT2D eigenvalue weighted by molar-refractivity contribution is 6.04.